The Balaban J connectivity index is 1.75. The molecule has 1 aliphatic heterocycles. The number of carbonyl (C=O) groups is 2. The van der Waals surface area contributed by atoms with Gasteiger partial charge in [0.15, 0.2) is 0 Å². The number of carbonyl (C=O) groups excluding carboxylic acids is 1. The fourth-order valence-electron chi connectivity index (χ4n) is 3.56. The van der Waals surface area contributed by atoms with Gasteiger partial charge in [-0.2, -0.15) is 0 Å². The number of benzene rings is 1. The molecule has 1 atom stereocenters. The van der Waals surface area contributed by atoms with Gasteiger partial charge in [0.05, 0.1) is 10.8 Å². The van der Waals surface area contributed by atoms with Gasteiger partial charge in [-0.25, -0.2) is 0 Å². The topological polar surface area (TPSA) is 101 Å². The number of aryl methyl sites for hydroxylation is 1. The van der Waals surface area contributed by atoms with Crippen LogP contribution in [0.5, 0.6) is 0 Å². The lowest BCUT2D eigenvalue weighted by Gasteiger charge is -2.32. The minimum absolute atomic E-state index is 0.108. The Morgan fingerprint density at radius 3 is 2.52 bits per heavy atom. The standard InChI is InChI=1S/C16H18N2O5/c1-10-2-3-13(18(22)23)11(8-10)14(19)17-6-4-16(5-7-17)9-12(16)15(20)21/h2-3,8,12H,4-7,9H2,1H3,(H,20,21). The summed E-state index contributed by atoms with van der Waals surface area (Å²) < 4.78 is 0. The van der Waals surface area contributed by atoms with Crippen LogP contribution < -0.4 is 0 Å². The van der Waals surface area contributed by atoms with Crippen molar-refractivity contribution in [2.45, 2.75) is 26.2 Å². The second-order valence-electron chi connectivity index (χ2n) is 6.53. The minimum atomic E-state index is -0.765. The largest absolute Gasteiger partial charge is 0.481 e. The Kier molecular flexibility index (Phi) is 3.58. The summed E-state index contributed by atoms with van der Waals surface area (Å²) in [4.78, 5) is 35.9. The number of carboxylic acid groups (broad SMARTS) is 1. The molecule has 1 heterocycles. The molecule has 1 N–H and O–H groups in total. The third-order valence-electron chi connectivity index (χ3n) is 5.11. The normalized spacial score (nSPS) is 22.0. The summed E-state index contributed by atoms with van der Waals surface area (Å²) in [5, 5.41) is 20.2. The van der Waals surface area contributed by atoms with E-state index in [2.05, 4.69) is 0 Å². The predicted octanol–water partition coefficient (Wildman–Crippen LogP) is 2.23. The van der Waals surface area contributed by atoms with Gasteiger partial charge in [-0.3, -0.25) is 19.7 Å². The lowest BCUT2D eigenvalue weighted by molar-refractivity contribution is -0.385. The third-order valence-corrected chi connectivity index (χ3v) is 5.11. The minimum Gasteiger partial charge on any atom is -0.481 e. The van der Waals surface area contributed by atoms with Crippen molar-refractivity contribution >= 4 is 17.6 Å². The van der Waals surface area contributed by atoms with E-state index in [1.807, 2.05) is 0 Å². The molecule has 1 unspecified atom stereocenters. The van der Waals surface area contributed by atoms with Crippen LogP contribution in [0.2, 0.25) is 0 Å². The molecule has 2 aliphatic rings. The van der Waals surface area contributed by atoms with Crippen molar-refractivity contribution in [1.29, 1.82) is 0 Å². The second kappa shape index (κ2) is 5.33. The Hall–Kier alpha value is -2.44. The van der Waals surface area contributed by atoms with Gasteiger partial charge in [0.25, 0.3) is 11.6 Å². The van der Waals surface area contributed by atoms with Gasteiger partial charge in [0.2, 0.25) is 0 Å². The summed E-state index contributed by atoms with van der Waals surface area (Å²) in [5.74, 6) is -1.41. The average molecular weight is 318 g/mol. The molecule has 0 radical (unpaired) electrons. The van der Waals surface area contributed by atoms with Crippen LogP contribution in [0, 0.1) is 28.4 Å². The Bertz CT molecular complexity index is 692. The van der Waals surface area contributed by atoms with Crippen molar-refractivity contribution in [3.63, 3.8) is 0 Å². The zero-order valence-electron chi connectivity index (χ0n) is 12.8. The van der Waals surface area contributed by atoms with Crippen molar-refractivity contribution in [3.05, 3.63) is 39.4 Å². The lowest BCUT2D eigenvalue weighted by Crippen LogP contribution is -2.40. The summed E-state index contributed by atoms with van der Waals surface area (Å²) in [6.45, 7) is 2.69. The maximum atomic E-state index is 12.6. The number of nitro groups is 1. The lowest BCUT2D eigenvalue weighted by atomic mass is 9.90. The average Bonchev–Trinajstić information content (AvgIpc) is 3.21. The van der Waals surface area contributed by atoms with Crippen LogP contribution in [0.4, 0.5) is 5.69 Å². The number of rotatable bonds is 3. The first-order valence-corrected chi connectivity index (χ1v) is 7.61. The summed E-state index contributed by atoms with van der Waals surface area (Å²) >= 11 is 0. The Labute approximate surface area is 133 Å². The van der Waals surface area contributed by atoms with E-state index in [0.717, 1.165) is 5.56 Å². The van der Waals surface area contributed by atoms with E-state index in [4.69, 9.17) is 5.11 Å². The molecule has 7 nitrogen and oxygen atoms in total. The molecule has 3 rings (SSSR count). The number of likely N-dealkylation sites (tertiary alicyclic amines) is 1. The molecule has 1 saturated heterocycles. The van der Waals surface area contributed by atoms with Gasteiger partial charge in [0.1, 0.15) is 5.56 Å². The van der Waals surface area contributed by atoms with Crippen LogP contribution in [0.3, 0.4) is 0 Å². The number of amides is 1. The van der Waals surface area contributed by atoms with Gasteiger partial charge in [-0.15, -0.1) is 0 Å². The molecule has 1 aromatic rings. The third kappa shape index (κ3) is 2.67. The molecule has 1 aliphatic carbocycles. The van der Waals surface area contributed by atoms with Gasteiger partial charge in [-0.05, 0) is 43.2 Å². The molecular weight excluding hydrogens is 300 g/mol. The molecule has 1 spiro atoms. The highest BCUT2D eigenvalue weighted by atomic mass is 16.6. The molecule has 2 fully saturated rings. The number of nitro benzene ring substituents is 1. The van der Waals surface area contributed by atoms with E-state index in [-0.39, 0.29) is 28.5 Å². The number of hydrogen-bond donors (Lipinski definition) is 1. The smallest absolute Gasteiger partial charge is 0.307 e. The van der Waals surface area contributed by atoms with Crippen LogP contribution in [0.1, 0.15) is 35.2 Å². The van der Waals surface area contributed by atoms with Crippen LogP contribution >= 0.6 is 0 Å². The van der Waals surface area contributed by atoms with Gasteiger partial charge >= 0.3 is 5.97 Å². The number of nitrogens with zero attached hydrogens (tertiary/aromatic N) is 2. The first-order valence-electron chi connectivity index (χ1n) is 7.61. The van der Waals surface area contributed by atoms with E-state index >= 15 is 0 Å². The predicted molar refractivity (Wildman–Crippen MR) is 81.1 cm³/mol. The van der Waals surface area contributed by atoms with Crippen molar-refractivity contribution in [2.24, 2.45) is 11.3 Å². The van der Waals surface area contributed by atoms with Crippen molar-refractivity contribution in [3.8, 4) is 0 Å². The molecule has 1 aromatic carbocycles. The van der Waals surface area contributed by atoms with Gasteiger partial charge in [0, 0.05) is 19.2 Å². The Morgan fingerprint density at radius 2 is 2.00 bits per heavy atom. The van der Waals surface area contributed by atoms with E-state index < -0.39 is 10.9 Å². The second-order valence-corrected chi connectivity index (χ2v) is 6.53. The van der Waals surface area contributed by atoms with Crippen LogP contribution in [-0.2, 0) is 4.79 Å². The number of aliphatic carboxylic acids is 1. The van der Waals surface area contributed by atoms with Crippen molar-refractivity contribution < 1.29 is 19.6 Å². The summed E-state index contributed by atoms with van der Waals surface area (Å²) in [5.41, 5.74) is 0.550. The molecule has 0 bridgehead atoms. The van der Waals surface area contributed by atoms with E-state index in [0.29, 0.717) is 32.4 Å². The molecule has 1 amide bonds. The summed E-state index contributed by atoms with van der Waals surface area (Å²) in [6.07, 6.45) is 1.97. The van der Waals surface area contributed by atoms with Crippen LogP contribution in [0.15, 0.2) is 18.2 Å². The summed E-state index contributed by atoms with van der Waals surface area (Å²) in [6, 6.07) is 4.51. The fourth-order valence-corrected chi connectivity index (χ4v) is 3.56. The zero-order chi connectivity index (χ0) is 16.8. The molecule has 23 heavy (non-hydrogen) atoms. The number of piperidine rings is 1. The fraction of sp³-hybridized carbons (Fsp3) is 0.500. The first kappa shape index (κ1) is 15.5. The summed E-state index contributed by atoms with van der Waals surface area (Å²) in [7, 11) is 0. The zero-order valence-corrected chi connectivity index (χ0v) is 12.8. The van der Waals surface area contributed by atoms with Crippen molar-refractivity contribution in [1.82, 2.24) is 4.90 Å². The quantitative estimate of drug-likeness (QED) is 0.680. The monoisotopic (exact) mass is 318 g/mol. The van der Waals surface area contributed by atoms with Gasteiger partial charge in [-0.1, -0.05) is 6.07 Å². The maximum Gasteiger partial charge on any atom is 0.307 e. The first-order chi connectivity index (χ1) is 10.8. The highest BCUT2D eigenvalue weighted by Crippen LogP contribution is 2.59. The van der Waals surface area contributed by atoms with Crippen LogP contribution in [0.25, 0.3) is 0 Å². The van der Waals surface area contributed by atoms with Crippen LogP contribution in [-0.4, -0.2) is 39.9 Å². The molecule has 7 heteroatoms. The Morgan fingerprint density at radius 1 is 1.35 bits per heavy atom. The molecular formula is C16H18N2O5. The molecule has 0 aromatic heterocycles. The van der Waals surface area contributed by atoms with E-state index in [1.54, 1.807) is 24.0 Å². The molecule has 122 valence electrons. The highest BCUT2D eigenvalue weighted by molar-refractivity contribution is 5.98. The molecule has 1 saturated carbocycles. The highest BCUT2D eigenvalue weighted by Gasteiger charge is 2.59. The number of carboxylic acids is 1. The van der Waals surface area contributed by atoms with Gasteiger partial charge < -0.3 is 10.0 Å². The number of hydrogen-bond acceptors (Lipinski definition) is 4. The maximum absolute atomic E-state index is 12.6. The van der Waals surface area contributed by atoms with E-state index in [1.165, 1.54) is 6.07 Å². The van der Waals surface area contributed by atoms with Crippen molar-refractivity contribution in [2.75, 3.05) is 13.1 Å². The SMILES string of the molecule is Cc1ccc([N+](=O)[O-])c(C(=O)N2CCC3(CC2)CC3C(=O)O)c1. The van der Waals surface area contributed by atoms with E-state index in [9.17, 15) is 19.7 Å².